The summed E-state index contributed by atoms with van der Waals surface area (Å²) in [5.74, 6) is -1.87. The molecule has 0 aromatic heterocycles. The summed E-state index contributed by atoms with van der Waals surface area (Å²) >= 11 is 0. The van der Waals surface area contributed by atoms with Gasteiger partial charge in [0.2, 0.25) is 0 Å². The molecule has 2 N–H and O–H groups in total. The molecule has 0 spiro atoms. The van der Waals surface area contributed by atoms with E-state index in [1.54, 1.807) is 13.8 Å². The van der Waals surface area contributed by atoms with E-state index in [4.69, 9.17) is 4.74 Å². The Bertz CT molecular complexity index is 575. The Balaban J connectivity index is 2.19. The van der Waals surface area contributed by atoms with E-state index in [9.17, 15) is 19.2 Å². The van der Waals surface area contributed by atoms with E-state index in [1.165, 1.54) is 13.8 Å². The van der Waals surface area contributed by atoms with Crippen LogP contribution in [0.2, 0.25) is 0 Å². The number of nitrogens with one attached hydrogen (secondary N) is 2. The summed E-state index contributed by atoms with van der Waals surface area (Å²) in [7, 11) is 0. The van der Waals surface area contributed by atoms with Gasteiger partial charge in [0.15, 0.2) is 0 Å². The van der Waals surface area contributed by atoms with Gasteiger partial charge in [-0.3, -0.25) is 29.8 Å². The largest absolute Gasteiger partial charge is 0.366 e. The molecule has 2 rings (SSSR count). The Hall–Kier alpha value is -2.28. The topological polar surface area (TPSA) is 102 Å². The summed E-state index contributed by atoms with van der Waals surface area (Å²) in [5, 5.41) is 4.38. The minimum absolute atomic E-state index is 0.245. The second-order valence-electron chi connectivity index (χ2n) is 5.06. The summed E-state index contributed by atoms with van der Waals surface area (Å²) < 4.78 is 5.65. The van der Waals surface area contributed by atoms with Crippen LogP contribution in [0.15, 0.2) is 22.3 Å². The average Bonchev–Trinajstić information content (AvgIpc) is 2.76. The molecule has 2 aliphatic rings. The number of amides is 4. The van der Waals surface area contributed by atoms with Crippen LogP contribution >= 0.6 is 0 Å². The molecule has 0 saturated carbocycles. The van der Waals surface area contributed by atoms with E-state index < -0.39 is 35.8 Å². The molecule has 21 heavy (non-hydrogen) atoms. The van der Waals surface area contributed by atoms with Crippen molar-refractivity contribution in [3.8, 4) is 0 Å². The summed E-state index contributed by atoms with van der Waals surface area (Å²) in [6, 6.07) is 0. The van der Waals surface area contributed by atoms with Crippen LogP contribution in [0.5, 0.6) is 0 Å². The van der Waals surface area contributed by atoms with Crippen LogP contribution in [0.3, 0.4) is 0 Å². The van der Waals surface area contributed by atoms with Gasteiger partial charge in [-0.15, -0.1) is 0 Å². The summed E-state index contributed by atoms with van der Waals surface area (Å²) in [6.45, 7) is 6.32. The number of rotatable bonds is 4. The molecule has 0 fully saturated rings. The lowest BCUT2D eigenvalue weighted by molar-refractivity contribution is -0.125. The van der Waals surface area contributed by atoms with Crippen LogP contribution in [0, 0.1) is 0 Å². The van der Waals surface area contributed by atoms with E-state index in [-0.39, 0.29) is 11.1 Å². The Labute approximate surface area is 121 Å². The number of ether oxygens (including phenoxy) is 1. The van der Waals surface area contributed by atoms with Gasteiger partial charge in [-0.1, -0.05) is 0 Å². The van der Waals surface area contributed by atoms with E-state index in [1.807, 2.05) is 0 Å². The highest BCUT2D eigenvalue weighted by atomic mass is 16.5. The second kappa shape index (κ2) is 5.25. The lowest BCUT2D eigenvalue weighted by atomic mass is 10.0. The van der Waals surface area contributed by atoms with Gasteiger partial charge in [-0.2, -0.15) is 0 Å². The average molecular weight is 292 g/mol. The van der Waals surface area contributed by atoms with Crippen molar-refractivity contribution < 1.29 is 23.9 Å². The van der Waals surface area contributed by atoms with E-state index in [2.05, 4.69) is 10.6 Å². The first-order valence-electron chi connectivity index (χ1n) is 6.52. The predicted molar refractivity (Wildman–Crippen MR) is 71.7 cm³/mol. The Kier molecular flexibility index (Phi) is 3.78. The van der Waals surface area contributed by atoms with Gasteiger partial charge < -0.3 is 4.74 Å². The molecule has 0 saturated heterocycles. The highest BCUT2D eigenvalue weighted by molar-refractivity contribution is 6.20. The normalized spacial score (nSPS) is 21.9. The maximum absolute atomic E-state index is 11.7. The Morgan fingerprint density at radius 3 is 1.29 bits per heavy atom. The fourth-order valence-corrected chi connectivity index (χ4v) is 2.53. The van der Waals surface area contributed by atoms with Gasteiger partial charge in [0, 0.05) is 11.1 Å². The highest BCUT2D eigenvalue weighted by Gasteiger charge is 2.35. The molecular weight excluding hydrogens is 276 g/mol. The van der Waals surface area contributed by atoms with Gasteiger partial charge in [0.25, 0.3) is 23.6 Å². The smallest absolute Gasteiger partial charge is 0.257 e. The summed E-state index contributed by atoms with van der Waals surface area (Å²) in [5.41, 5.74) is 1.10. The number of carbonyl (C=O) groups excluding carboxylic acids is 4. The molecule has 0 radical (unpaired) electrons. The number of carbonyl (C=O) groups is 4. The van der Waals surface area contributed by atoms with Gasteiger partial charge in [0.1, 0.15) is 0 Å². The standard InChI is InChI=1S/C14H16N2O5/c1-5-9(13(19)15-11(5)17)7(3)21-8(4)10-6(2)12(18)16-14(10)20/h7-8H,1-4H3,(H,15,17,19)(H,16,18,20). The Morgan fingerprint density at radius 1 is 0.714 bits per heavy atom. The first kappa shape index (κ1) is 15.1. The predicted octanol–water partition coefficient (Wildman–Crippen LogP) is -0.274. The molecule has 0 aromatic carbocycles. The molecule has 0 aliphatic carbocycles. The molecule has 7 heteroatoms. The lowest BCUT2D eigenvalue weighted by Crippen LogP contribution is -2.30. The van der Waals surface area contributed by atoms with Crippen molar-refractivity contribution in [2.45, 2.75) is 39.9 Å². The second-order valence-corrected chi connectivity index (χ2v) is 5.06. The van der Waals surface area contributed by atoms with Crippen LogP contribution in [-0.2, 0) is 23.9 Å². The molecule has 0 aromatic rings. The first-order valence-corrected chi connectivity index (χ1v) is 6.52. The van der Waals surface area contributed by atoms with E-state index >= 15 is 0 Å². The van der Waals surface area contributed by atoms with Crippen molar-refractivity contribution in [3.05, 3.63) is 22.3 Å². The molecule has 4 amide bonds. The van der Waals surface area contributed by atoms with Gasteiger partial charge in [-0.25, -0.2) is 0 Å². The third-order valence-corrected chi connectivity index (χ3v) is 3.65. The molecule has 112 valence electrons. The van der Waals surface area contributed by atoms with Crippen LogP contribution in [0.25, 0.3) is 0 Å². The van der Waals surface area contributed by atoms with E-state index in [0.29, 0.717) is 11.1 Å². The molecule has 2 heterocycles. The molecule has 7 nitrogen and oxygen atoms in total. The van der Waals surface area contributed by atoms with Crippen molar-refractivity contribution in [1.29, 1.82) is 0 Å². The zero-order valence-electron chi connectivity index (χ0n) is 12.2. The molecule has 2 atom stereocenters. The number of hydrogen-bond donors (Lipinski definition) is 2. The molecule has 0 bridgehead atoms. The van der Waals surface area contributed by atoms with Crippen LogP contribution in [0.4, 0.5) is 0 Å². The van der Waals surface area contributed by atoms with Crippen molar-refractivity contribution in [2.24, 2.45) is 0 Å². The fourth-order valence-electron chi connectivity index (χ4n) is 2.53. The third-order valence-electron chi connectivity index (χ3n) is 3.65. The third kappa shape index (κ3) is 2.52. The maximum atomic E-state index is 11.7. The van der Waals surface area contributed by atoms with Crippen molar-refractivity contribution in [2.75, 3.05) is 0 Å². The SMILES string of the molecule is CC1=C(C(C)OC(C)C2=C(C)C(=O)NC2=O)C(=O)NC1=O. The molecule has 2 aliphatic heterocycles. The lowest BCUT2D eigenvalue weighted by Gasteiger charge is -2.20. The maximum Gasteiger partial charge on any atom is 0.257 e. The summed E-state index contributed by atoms with van der Waals surface area (Å²) in [6.07, 6.45) is -1.34. The summed E-state index contributed by atoms with van der Waals surface area (Å²) in [4.78, 5) is 46.3. The van der Waals surface area contributed by atoms with Gasteiger partial charge in [0.05, 0.1) is 23.4 Å². The van der Waals surface area contributed by atoms with Crippen LogP contribution in [0.1, 0.15) is 27.7 Å². The monoisotopic (exact) mass is 292 g/mol. The fraction of sp³-hybridized carbons (Fsp3) is 0.429. The van der Waals surface area contributed by atoms with Crippen LogP contribution < -0.4 is 10.6 Å². The van der Waals surface area contributed by atoms with Gasteiger partial charge >= 0.3 is 0 Å². The zero-order chi connectivity index (χ0) is 15.9. The first-order chi connectivity index (χ1) is 9.73. The zero-order valence-corrected chi connectivity index (χ0v) is 12.2. The van der Waals surface area contributed by atoms with E-state index in [0.717, 1.165) is 0 Å². The number of hydrogen-bond acceptors (Lipinski definition) is 5. The van der Waals surface area contributed by atoms with Crippen LogP contribution in [-0.4, -0.2) is 35.8 Å². The minimum Gasteiger partial charge on any atom is -0.366 e. The van der Waals surface area contributed by atoms with Crippen molar-refractivity contribution in [1.82, 2.24) is 10.6 Å². The minimum atomic E-state index is -0.671. The number of imide groups is 2. The highest BCUT2D eigenvalue weighted by Crippen LogP contribution is 2.24. The molecular formula is C14H16N2O5. The van der Waals surface area contributed by atoms with Crippen molar-refractivity contribution in [3.63, 3.8) is 0 Å². The van der Waals surface area contributed by atoms with Gasteiger partial charge in [-0.05, 0) is 27.7 Å². The van der Waals surface area contributed by atoms with Crippen molar-refractivity contribution >= 4 is 23.6 Å². The quantitative estimate of drug-likeness (QED) is 0.694. The Morgan fingerprint density at radius 2 is 1.05 bits per heavy atom. The molecule has 2 unspecified atom stereocenters.